The molecular weight excluding hydrogens is 342 g/mol. The molecule has 2 fully saturated rings. The number of piperidine rings is 2. The van der Waals surface area contributed by atoms with E-state index in [2.05, 4.69) is 5.32 Å². The highest BCUT2D eigenvalue weighted by Crippen LogP contribution is 2.40. The van der Waals surface area contributed by atoms with E-state index in [1.165, 1.54) is 0 Å². The molecule has 2 N–H and O–H groups in total. The molecule has 2 aliphatic rings. The molecule has 0 aromatic heterocycles. The molecule has 0 saturated carbocycles. The van der Waals surface area contributed by atoms with Gasteiger partial charge in [-0.3, -0.25) is 9.59 Å². The Morgan fingerprint density at radius 1 is 1.22 bits per heavy atom. The summed E-state index contributed by atoms with van der Waals surface area (Å²) in [5.74, 6) is 0.328. The second-order valence-electron chi connectivity index (χ2n) is 7.85. The van der Waals surface area contributed by atoms with Gasteiger partial charge in [-0.15, -0.1) is 0 Å². The van der Waals surface area contributed by atoms with Crippen LogP contribution in [0.5, 0.6) is 0 Å². The molecule has 1 aromatic carbocycles. The molecule has 1 spiro atoms. The van der Waals surface area contributed by atoms with Crippen molar-refractivity contribution in [1.82, 2.24) is 15.1 Å². The Hall–Kier alpha value is -1.92. The topological polar surface area (TPSA) is 72.9 Å². The van der Waals surface area contributed by atoms with Crippen LogP contribution in [-0.2, 0) is 9.59 Å². The molecule has 2 saturated heterocycles. The van der Waals surface area contributed by atoms with Gasteiger partial charge in [0.2, 0.25) is 11.8 Å². The number of likely N-dealkylation sites (tertiary alicyclic amines) is 2. The molecule has 6 nitrogen and oxygen atoms in total. The highest BCUT2D eigenvalue weighted by molar-refractivity contribution is 5.83. The summed E-state index contributed by atoms with van der Waals surface area (Å²) in [4.78, 5) is 29.1. The van der Waals surface area contributed by atoms with Crippen LogP contribution in [0.25, 0.3) is 0 Å². The van der Waals surface area contributed by atoms with Crippen LogP contribution in [0.2, 0.25) is 0 Å². The van der Waals surface area contributed by atoms with Gasteiger partial charge in [0.05, 0.1) is 0 Å². The maximum Gasteiger partial charge on any atom is 0.244 e. The number of amides is 2. The third-order valence-corrected chi connectivity index (χ3v) is 6.14. The molecule has 148 valence electrons. The lowest BCUT2D eigenvalue weighted by Gasteiger charge is -2.47. The summed E-state index contributed by atoms with van der Waals surface area (Å²) in [6, 6.07) is 9.52. The quantitative estimate of drug-likeness (QED) is 0.794. The van der Waals surface area contributed by atoms with Crippen molar-refractivity contribution in [1.29, 1.82) is 0 Å². The summed E-state index contributed by atoms with van der Waals surface area (Å²) in [5, 5.41) is 12.2. The van der Waals surface area contributed by atoms with Crippen molar-refractivity contribution in [2.75, 3.05) is 39.8 Å². The van der Waals surface area contributed by atoms with Crippen LogP contribution >= 0.6 is 0 Å². The Labute approximate surface area is 161 Å². The fourth-order valence-electron chi connectivity index (χ4n) is 4.44. The molecule has 0 aliphatic carbocycles. The Bertz CT molecular complexity index is 641. The van der Waals surface area contributed by atoms with Crippen LogP contribution in [-0.4, -0.2) is 66.6 Å². The monoisotopic (exact) mass is 373 g/mol. The summed E-state index contributed by atoms with van der Waals surface area (Å²) >= 11 is 0. The van der Waals surface area contributed by atoms with Gasteiger partial charge in [0.25, 0.3) is 0 Å². The minimum absolute atomic E-state index is 0.115. The van der Waals surface area contributed by atoms with E-state index >= 15 is 0 Å². The number of benzene rings is 1. The van der Waals surface area contributed by atoms with Crippen molar-refractivity contribution >= 4 is 11.8 Å². The predicted octanol–water partition coefficient (Wildman–Crippen LogP) is 1.56. The van der Waals surface area contributed by atoms with Crippen molar-refractivity contribution in [2.45, 2.75) is 38.1 Å². The molecule has 2 aliphatic heterocycles. The number of rotatable bonds is 6. The van der Waals surface area contributed by atoms with Gasteiger partial charge < -0.3 is 20.2 Å². The zero-order chi connectivity index (χ0) is 19.3. The third-order valence-electron chi connectivity index (χ3n) is 6.14. The third kappa shape index (κ3) is 4.50. The van der Waals surface area contributed by atoms with E-state index in [4.69, 9.17) is 5.11 Å². The van der Waals surface area contributed by atoms with Gasteiger partial charge in [0.1, 0.15) is 6.04 Å². The normalized spacial score (nSPS) is 20.7. The fourth-order valence-corrected chi connectivity index (χ4v) is 4.44. The average molecular weight is 373 g/mol. The highest BCUT2D eigenvalue weighted by Gasteiger charge is 2.42. The summed E-state index contributed by atoms with van der Waals surface area (Å²) in [5.41, 5.74) is 1.12. The molecule has 0 radical (unpaired) electrons. The second kappa shape index (κ2) is 8.85. The van der Waals surface area contributed by atoms with Crippen molar-refractivity contribution in [3.05, 3.63) is 35.9 Å². The van der Waals surface area contributed by atoms with E-state index < -0.39 is 0 Å². The number of aliphatic hydroxyl groups is 1. The molecular formula is C21H31N3O3. The number of carbonyl (C=O) groups is 2. The molecule has 1 atom stereocenters. The molecule has 27 heavy (non-hydrogen) atoms. The van der Waals surface area contributed by atoms with Crippen LogP contribution in [0.15, 0.2) is 30.3 Å². The van der Waals surface area contributed by atoms with E-state index in [0.717, 1.165) is 44.5 Å². The van der Waals surface area contributed by atoms with Gasteiger partial charge in [-0.25, -0.2) is 0 Å². The van der Waals surface area contributed by atoms with Crippen LogP contribution < -0.4 is 5.32 Å². The molecule has 2 amide bonds. The molecule has 1 aromatic rings. The van der Waals surface area contributed by atoms with Gasteiger partial charge >= 0.3 is 0 Å². The van der Waals surface area contributed by atoms with E-state index in [1.807, 2.05) is 47.2 Å². The molecule has 3 rings (SSSR count). The Morgan fingerprint density at radius 2 is 1.93 bits per heavy atom. The van der Waals surface area contributed by atoms with Crippen molar-refractivity contribution in [2.24, 2.45) is 5.41 Å². The van der Waals surface area contributed by atoms with Gasteiger partial charge in [-0.2, -0.15) is 0 Å². The standard InChI is InChI=1S/C21H31N3O3/c1-22-19(17-6-3-2-4-7-17)20(27)23-13-10-21(11-14-23)9-8-18(26)24(16-21)12-5-15-25/h2-4,6-7,19,22,25H,5,8-16H2,1H3/t19-/m0/s1. The number of hydrogen-bond donors (Lipinski definition) is 2. The molecule has 6 heteroatoms. The molecule has 0 unspecified atom stereocenters. The van der Waals surface area contributed by atoms with Gasteiger partial charge in [-0.1, -0.05) is 30.3 Å². The largest absolute Gasteiger partial charge is 0.396 e. The number of aliphatic hydroxyl groups excluding tert-OH is 1. The smallest absolute Gasteiger partial charge is 0.244 e. The van der Waals surface area contributed by atoms with Crippen LogP contribution in [0, 0.1) is 5.41 Å². The summed E-state index contributed by atoms with van der Waals surface area (Å²) in [7, 11) is 1.83. The lowest BCUT2D eigenvalue weighted by molar-refractivity contribution is -0.143. The lowest BCUT2D eigenvalue weighted by atomic mass is 9.72. The van der Waals surface area contributed by atoms with E-state index in [9.17, 15) is 9.59 Å². The number of likely N-dealkylation sites (N-methyl/N-ethyl adjacent to an activating group) is 1. The van der Waals surface area contributed by atoms with Crippen LogP contribution in [0.3, 0.4) is 0 Å². The Morgan fingerprint density at radius 3 is 2.56 bits per heavy atom. The number of hydrogen-bond acceptors (Lipinski definition) is 4. The average Bonchev–Trinajstić information content (AvgIpc) is 2.71. The second-order valence-corrected chi connectivity index (χ2v) is 7.85. The first-order chi connectivity index (χ1) is 13.1. The van der Waals surface area contributed by atoms with Crippen LogP contribution in [0.4, 0.5) is 0 Å². The van der Waals surface area contributed by atoms with Gasteiger partial charge in [0.15, 0.2) is 0 Å². The zero-order valence-electron chi connectivity index (χ0n) is 16.2. The fraction of sp³-hybridized carbons (Fsp3) is 0.619. The first-order valence-electron chi connectivity index (χ1n) is 9.98. The van der Waals surface area contributed by atoms with Crippen molar-refractivity contribution < 1.29 is 14.7 Å². The van der Waals surface area contributed by atoms with Crippen molar-refractivity contribution in [3.63, 3.8) is 0 Å². The summed E-state index contributed by atoms with van der Waals surface area (Å²) in [6.07, 6.45) is 4.01. The first-order valence-corrected chi connectivity index (χ1v) is 9.98. The molecule has 2 heterocycles. The van der Waals surface area contributed by atoms with Gasteiger partial charge in [-0.05, 0) is 43.7 Å². The minimum atomic E-state index is -0.311. The summed E-state index contributed by atoms with van der Waals surface area (Å²) < 4.78 is 0. The number of nitrogens with zero attached hydrogens (tertiary/aromatic N) is 2. The maximum atomic E-state index is 13.0. The number of carbonyl (C=O) groups excluding carboxylic acids is 2. The van der Waals surface area contributed by atoms with E-state index in [0.29, 0.717) is 19.4 Å². The Balaban J connectivity index is 1.61. The Kier molecular flexibility index (Phi) is 6.50. The predicted molar refractivity (Wildman–Crippen MR) is 104 cm³/mol. The van der Waals surface area contributed by atoms with Crippen molar-refractivity contribution in [3.8, 4) is 0 Å². The van der Waals surface area contributed by atoms with E-state index in [1.54, 1.807) is 0 Å². The lowest BCUT2D eigenvalue weighted by Crippen LogP contribution is -2.53. The maximum absolute atomic E-state index is 13.0. The molecule has 0 bridgehead atoms. The van der Waals surface area contributed by atoms with E-state index in [-0.39, 0.29) is 29.9 Å². The zero-order valence-corrected chi connectivity index (χ0v) is 16.2. The highest BCUT2D eigenvalue weighted by atomic mass is 16.3. The first kappa shape index (κ1) is 19.8. The number of nitrogens with one attached hydrogen (secondary N) is 1. The summed E-state index contributed by atoms with van der Waals surface area (Å²) in [6.45, 7) is 3.00. The minimum Gasteiger partial charge on any atom is -0.396 e. The van der Waals surface area contributed by atoms with Crippen LogP contribution in [0.1, 0.15) is 43.7 Å². The SMILES string of the molecule is CN[C@H](C(=O)N1CCC2(CCC(=O)N(CCCO)C2)CC1)c1ccccc1. The van der Waals surface area contributed by atoms with Gasteiger partial charge in [0, 0.05) is 39.2 Å².